The van der Waals surface area contributed by atoms with E-state index in [2.05, 4.69) is 0 Å². The van der Waals surface area contributed by atoms with Gasteiger partial charge in [0.2, 0.25) is 0 Å². The van der Waals surface area contributed by atoms with Gasteiger partial charge in [0.05, 0.1) is 11.6 Å². The number of carbonyl (C=O) groups is 1. The van der Waals surface area contributed by atoms with Crippen molar-refractivity contribution in [2.45, 2.75) is 39.5 Å². The number of hydrogen-bond acceptors (Lipinski definition) is 3. The van der Waals surface area contributed by atoms with Crippen molar-refractivity contribution in [2.24, 2.45) is 0 Å². The van der Waals surface area contributed by atoms with Gasteiger partial charge in [-0.25, -0.2) is 4.79 Å². The van der Waals surface area contributed by atoms with Gasteiger partial charge in [-0.1, -0.05) is 49.9 Å². The molecule has 112 valence electrons. The molecule has 0 atom stereocenters. The Hall–Kier alpha value is -1.13. The molecule has 0 aliphatic rings. The van der Waals surface area contributed by atoms with Gasteiger partial charge in [0.1, 0.15) is 10.6 Å². The molecule has 0 amide bonds. The highest BCUT2D eigenvalue weighted by molar-refractivity contribution is 6.44. The Bertz CT molecular complexity index is 501. The molecule has 0 aliphatic carbocycles. The summed E-state index contributed by atoms with van der Waals surface area (Å²) in [5, 5.41) is 19.6. The van der Waals surface area contributed by atoms with Crippen molar-refractivity contribution in [1.82, 2.24) is 0 Å². The molecule has 1 rings (SSSR count). The first kappa shape index (κ1) is 16.9. The molecule has 0 saturated carbocycles. The first-order valence-electron chi connectivity index (χ1n) is 6.54. The van der Waals surface area contributed by atoms with Gasteiger partial charge in [-0.2, -0.15) is 0 Å². The van der Waals surface area contributed by atoms with Crippen LogP contribution in [0.4, 0.5) is 0 Å². The number of carboxylic acid groups (broad SMARTS) is 1. The number of hydrogen-bond donors (Lipinski definition) is 2. The minimum Gasteiger partial charge on any atom is -0.504 e. The summed E-state index contributed by atoms with van der Waals surface area (Å²) in [4.78, 5) is 11.3. The largest absolute Gasteiger partial charge is 0.504 e. The molecular formula is C14H18Cl2O4. The molecule has 0 saturated heterocycles. The minimum absolute atomic E-state index is 0.0534. The van der Waals surface area contributed by atoms with Gasteiger partial charge in [0.15, 0.2) is 11.5 Å². The van der Waals surface area contributed by atoms with Gasteiger partial charge in [-0.05, 0) is 18.4 Å². The Morgan fingerprint density at radius 2 is 1.85 bits per heavy atom. The van der Waals surface area contributed by atoms with Crippen LogP contribution < -0.4 is 4.74 Å². The van der Waals surface area contributed by atoms with Gasteiger partial charge >= 0.3 is 5.97 Å². The van der Waals surface area contributed by atoms with Crippen LogP contribution in [0.1, 0.15) is 49.0 Å². The average Bonchev–Trinajstić information content (AvgIpc) is 2.39. The van der Waals surface area contributed by atoms with Crippen LogP contribution in [-0.2, 0) is 6.42 Å². The Morgan fingerprint density at radius 3 is 2.35 bits per heavy atom. The molecule has 0 aliphatic heterocycles. The lowest BCUT2D eigenvalue weighted by Crippen LogP contribution is -2.07. The molecule has 0 aromatic heterocycles. The molecule has 0 fully saturated rings. The molecule has 1 aromatic carbocycles. The summed E-state index contributed by atoms with van der Waals surface area (Å²) in [6, 6.07) is 0. The van der Waals surface area contributed by atoms with Crippen LogP contribution in [0, 0.1) is 0 Å². The fourth-order valence-corrected chi connectivity index (χ4v) is 2.40. The molecule has 0 unspecified atom stereocenters. The lowest BCUT2D eigenvalue weighted by Gasteiger charge is -2.16. The second kappa shape index (κ2) is 7.60. The van der Waals surface area contributed by atoms with Crippen LogP contribution in [0.2, 0.25) is 10.0 Å². The SMILES string of the molecule is CCCCOc1c(O)c(C(=O)O)c(CCC)c(Cl)c1Cl. The summed E-state index contributed by atoms with van der Waals surface area (Å²) in [5.74, 6) is -1.75. The Balaban J connectivity index is 3.36. The zero-order valence-corrected chi connectivity index (χ0v) is 13.0. The molecule has 2 N–H and O–H groups in total. The lowest BCUT2D eigenvalue weighted by molar-refractivity contribution is 0.0691. The predicted molar refractivity (Wildman–Crippen MR) is 79.5 cm³/mol. The van der Waals surface area contributed by atoms with Crippen LogP contribution in [0.25, 0.3) is 0 Å². The van der Waals surface area contributed by atoms with Crippen molar-refractivity contribution >= 4 is 29.2 Å². The number of aromatic hydroxyl groups is 1. The van der Waals surface area contributed by atoms with Crippen molar-refractivity contribution in [3.05, 3.63) is 21.2 Å². The van der Waals surface area contributed by atoms with E-state index in [1.807, 2.05) is 13.8 Å². The average molecular weight is 321 g/mol. The van der Waals surface area contributed by atoms with E-state index in [1.165, 1.54) is 0 Å². The van der Waals surface area contributed by atoms with Crippen molar-refractivity contribution < 1.29 is 19.7 Å². The number of phenols is 1. The minimum atomic E-state index is -1.25. The summed E-state index contributed by atoms with van der Waals surface area (Å²) in [6.45, 7) is 4.22. The molecule has 4 nitrogen and oxygen atoms in total. The second-order valence-electron chi connectivity index (χ2n) is 4.42. The summed E-state index contributed by atoms with van der Waals surface area (Å²) in [5.41, 5.74) is 0.111. The quantitative estimate of drug-likeness (QED) is 0.724. The lowest BCUT2D eigenvalue weighted by atomic mass is 10.0. The van der Waals surface area contributed by atoms with Crippen molar-refractivity contribution in [3.8, 4) is 11.5 Å². The van der Waals surface area contributed by atoms with Gasteiger partial charge in [-0.3, -0.25) is 0 Å². The van der Waals surface area contributed by atoms with Gasteiger partial charge in [0, 0.05) is 0 Å². The summed E-state index contributed by atoms with van der Waals surface area (Å²) in [6.07, 6.45) is 2.78. The van der Waals surface area contributed by atoms with E-state index in [-0.39, 0.29) is 21.4 Å². The number of ether oxygens (including phenoxy) is 1. The normalized spacial score (nSPS) is 10.6. The van der Waals surface area contributed by atoms with Crippen LogP contribution in [0.15, 0.2) is 0 Å². The molecule has 6 heteroatoms. The van der Waals surface area contributed by atoms with Crippen molar-refractivity contribution in [2.75, 3.05) is 6.61 Å². The van der Waals surface area contributed by atoms with Crippen LogP contribution in [-0.4, -0.2) is 22.8 Å². The second-order valence-corrected chi connectivity index (χ2v) is 5.17. The fraction of sp³-hybridized carbons (Fsp3) is 0.500. The first-order valence-corrected chi connectivity index (χ1v) is 7.30. The third kappa shape index (κ3) is 3.49. The van der Waals surface area contributed by atoms with Crippen molar-refractivity contribution in [3.63, 3.8) is 0 Å². The van der Waals surface area contributed by atoms with E-state index >= 15 is 0 Å². The van der Waals surface area contributed by atoms with Crippen LogP contribution >= 0.6 is 23.2 Å². The highest BCUT2D eigenvalue weighted by Gasteiger charge is 2.26. The zero-order valence-electron chi connectivity index (χ0n) is 11.5. The van der Waals surface area contributed by atoms with E-state index in [0.717, 1.165) is 12.8 Å². The summed E-state index contributed by atoms with van der Waals surface area (Å²) >= 11 is 12.2. The highest BCUT2D eigenvalue weighted by Crippen LogP contribution is 2.45. The molecule has 0 heterocycles. The number of halogens is 2. The van der Waals surface area contributed by atoms with E-state index in [9.17, 15) is 15.0 Å². The Kier molecular flexibility index (Phi) is 6.43. The number of rotatable bonds is 7. The smallest absolute Gasteiger partial charge is 0.339 e. The number of carboxylic acids is 1. The molecule has 0 bridgehead atoms. The van der Waals surface area contributed by atoms with Gasteiger partial charge in [-0.15, -0.1) is 0 Å². The fourth-order valence-electron chi connectivity index (χ4n) is 1.87. The monoisotopic (exact) mass is 320 g/mol. The molecule has 0 spiro atoms. The van der Waals surface area contributed by atoms with E-state index in [4.69, 9.17) is 27.9 Å². The highest BCUT2D eigenvalue weighted by atomic mass is 35.5. The number of unbranched alkanes of at least 4 members (excludes halogenated alkanes) is 1. The first-order chi connectivity index (χ1) is 9.45. The maximum atomic E-state index is 11.3. The van der Waals surface area contributed by atoms with E-state index in [1.54, 1.807) is 0 Å². The standard InChI is InChI=1S/C14H18Cl2O4/c1-3-5-7-20-13-11(16)10(15)8(6-4-2)9(12(13)17)14(18)19/h17H,3-7H2,1-2H3,(H,18,19). The molecule has 1 aromatic rings. The topological polar surface area (TPSA) is 66.8 Å². The Morgan fingerprint density at radius 1 is 1.20 bits per heavy atom. The van der Waals surface area contributed by atoms with Crippen molar-refractivity contribution in [1.29, 1.82) is 0 Å². The van der Waals surface area contributed by atoms with Gasteiger partial charge in [0.25, 0.3) is 0 Å². The summed E-state index contributed by atoms with van der Waals surface area (Å²) < 4.78 is 5.38. The zero-order chi connectivity index (χ0) is 15.3. The number of aromatic carboxylic acids is 1. The third-order valence-electron chi connectivity index (χ3n) is 2.87. The maximum Gasteiger partial charge on any atom is 0.339 e. The summed E-state index contributed by atoms with van der Waals surface area (Å²) in [7, 11) is 0. The van der Waals surface area contributed by atoms with Gasteiger partial charge < -0.3 is 14.9 Å². The Labute approximate surface area is 128 Å². The number of benzene rings is 1. The molecule has 0 radical (unpaired) electrons. The van der Waals surface area contributed by atoms with E-state index < -0.39 is 11.7 Å². The van der Waals surface area contributed by atoms with Crippen LogP contribution in [0.5, 0.6) is 11.5 Å². The van der Waals surface area contributed by atoms with E-state index in [0.29, 0.717) is 25.0 Å². The molecule has 20 heavy (non-hydrogen) atoms. The van der Waals surface area contributed by atoms with Crippen LogP contribution in [0.3, 0.4) is 0 Å². The molecular weight excluding hydrogens is 303 g/mol. The predicted octanol–water partition coefficient (Wildman–Crippen LogP) is 4.53. The maximum absolute atomic E-state index is 11.3. The third-order valence-corrected chi connectivity index (χ3v) is 3.74.